The first-order chi connectivity index (χ1) is 18.2. The number of aromatic nitrogens is 3. The highest BCUT2D eigenvalue weighted by Crippen LogP contribution is 2.46. The Labute approximate surface area is 217 Å². The lowest BCUT2D eigenvalue weighted by Crippen LogP contribution is -2.54. The third-order valence-electron chi connectivity index (χ3n) is 7.42. The molecule has 2 aliphatic rings. The van der Waals surface area contributed by atoms with Crippen molar-refractivity contribution in [3.05, 3.63) is 62.3 Å². The second-order valence-electron chi connectivity index (χ2n) is 9.89. The minimum Gasteiger partial charge on any atom is -0.486 e. The molecule has 3 aromatic rings. The molecule has 9 nitrogen and oxygen atoms in total. The summed E-state index contributed by atoms with van der Waals surface area (Å²) in [4.78, 5) is 38.7. The highest BCUT2D eigenvalue weighted by Gasteiger charge is 2.60. The Kier molecular flexibility index (Phi) is 5.99. The number of amides is 1. The fourth-order valence-corrected chi connectivity index (χ4v) is 5.26. The van der Waals surface area contributed by atoms with Gasteiger partial charge in [-0.15, -0.1) is 0 Å². The van der Waals surface area contributed by atoms with Crippen LogP contribution in [0.3, 0.4) is 0 Å². The number of hydrogen-bond donors (Lipinski definition) is 1. The number of pyridine rings is 1. The summed E-state index contributed by atoms with van der Waals surface area (Å²) >= 11 is 0. The summed E-state index contributed by atoms with van der Waals surface area (Å²) in [6.45, 7) is 0.960. The average Bonchev–Trinajstić information content (AvgIpc) is 3.45. The van der Waals surface area contributed by atoms with Crippen molar-refractivity contribution in [2.24, 2.45) is 7.05 Å². The molecule has 1 amide bonds. The van der Waals surface area contributed by atoms with Crippen LogP contribution in [0.15, 0.2) is 40.1 Å². The zero-order valence-corrected chi connectivity index (χ0v) is 21.1. The summed E-state index contributed by atoms with van der Waals surface area (Å²) in [5, 5.41) is 6.89. The molecule has 5 rings (SSSR count). The fourth-order valence-electron chi connectivity index (χ4n) is 5.26. The van der Waals surface area contributed by atoms with Gasteiger partial charge in [-0.3, -0.25) is 19.0 Å². The molecule has 1 saturated heterocycles. The van der Waals surface area contributed by atoms with Crippen LogP contribution in [0.4, 0.5) is 27.8 Å². The largest absolute Gasteiger partial charge is 0.486 e. The van der Waals surface area contributed by atoms with E-state index in [2.05, 4.69) is 10.4 Å². The second-order valence-corrected chi connectivity index (χ2v) is 9.89. The van der Waals surface area contributed by atoms with Crippen molar-refractivity contribution in [2.75, 3.05) is 25.0 Å². The number of nitrogens with one attached hydrogen (secondary N) is 1. The van der Waals surface area contributed by atoms with Crippen molar-refractivity contribution in [3.63, 3.8) is 0 Å². The summed E-state index contributed by atoms with van der Waals surface area (Å²) in [5.74, 6) is -3.80. The van der Waals surface area contributed by atoms with Gasteiger partial charge in [0.2, 0.25) is 5.91 Å². The van der Waals surface area contributed by atoms with E-state index in [9.17, 15) is 36.3 Å². The lowest BCUT2D eigenvalue weighted by atomic mass is 9.96. The van der Waals surface area contributed by atoms with Crippen LogP contribution in [-0.4, -0.2) is 51.0 Å². The maximum absolute atomic E-state index is 14.5. The molecule has 14 heteroatoms. The van der Waals surface area contributed by atoms with Crippen molar-refractivity contribution < 1.29 is 31.5 Å². The van der Waals surface area contributed by atoms with Crippen molar-refractivity contribution in [2.45, 2.75) is 43.9 Å². The van der Waals surface area contributed by atoms with Gasteiger partial charge < -0.3 is 15.0 Å². The predicted octanol–water partition coefficient (Wildman–Crippen LogP) is 3.26. The van der Waals surface area contributed by atoms with Gasteiger partial charge in [0.05, 0.1) is 23.5 Å². The lowest BCUT2D eigenvalue weighted by Gasteiger charge is -2.34. The Hall–Kier alpha value is -3.97. The maximum atomic E-state index is 14.5. The Morgan fingerprint density at radius 3 is 2.56 bits per heavy atom. The summed E-state index contributed by atoms with van der Waals surface area (Å²) in [7, 11) is 1.31. The zero-order valence-electron chi connectivity index (χ0n) is 21.1. The number of carbonyl (C=O) groups is 1. The number of carbonyl (C=O) groups excluding carboxylic acids is 1. The third-order valence-corrected chi connectivity index (χ3v) is 7.42. The first kappa shape index (κ1) is 26.6. The van der Waals surface area contributed by atoms with Crippen LogP contribution in [0.1, 0.15) is 37.4 Å². The number of ether oxygens (including phenoxy) is 1. The molecule has 0 spiro atoms. The normalized spacial score (nSPS) is 21.1. The summed E-state index contributed by atoms with van der Waals surface area (Å²) in [6.07, 6.45) is -4.53. The minimum atomic E-state index is -4.91. The summed E-state index contributed by atoms with van der Waals surface area (Å²) in [6, 6.07) is 4.33. The van der Waals surface area contributed by atoms with Gasteiger partial charge in [0.25, 0.3) is 11.1 Å². The van der Waals surface area contributed by atoms with Crippen molar-refractivity contribution in [1.29, 1.82) is 0 Å². The monoisotopic (exact) mass is 553 g/mol. The molecule has 208 valence electrons. The van der Waals surface area contributed by atoms with Crippen molar-refractivity contribution >= 4 is 22.5 Å². The standard InChI is InChI=1S/C25H24F5N5O4/c1-13(15-5-4-6-18-20(15)39-12-24(18,26)27)31-21-17-10-35(19(37)9-16(17)22(38)33(3)32-21)23(25(28,29)30)7-8-34(11-23)14(2)36/h4-6,9-10,13H,7-8,11-12H2,1-3H3,(H,31,32)/t13?,23-/m1/s1. The van der Waals surface area contributed by atoms with Gasteiger partial charge in [0.1, 0.15) is 5.75 Å². The zero-order chi connectivity index (χ0) is 28.5. The first-order valence-electron chi connectivity index (χ1n) is 12.0. The third kappa shape index (κ3) is 4.12. The van der Waals surface area contributed by atoms with E-state index < -0.39 is 60.3 Å². The highest BCUT2D eigenvalue weighted by molar-refractivity contribution is 5.90. The molecule has 0 saturated carbocycles. The molecular weight excluding hydrogens is 529 g/mol. The van der Waals surface area contributed by atoms with Gasteiger partial charge >= 0.3 is 12.1 Å². The molecule has 2 aliphatic heterocycles. The molecule has 1 unspecified atom stereocenters. The molecule has 1 N–H and O–H groups in total. The van der Waals surface area contributed by atoms with Crippen molar-refractivity contribution in [3.8, 4) is 5.75 Å². The number of alkyl halides is 5. The molecule has 2 atom stereocenters. The van der Waals surface area contributed by atoms with E-state index in [1.807, 2.05) is 0 Å². The minimum absolute atomic E-state index is 0.0140. The number of hydrogen-bond acceptors (Lipinski definition) is 6. The van der Waals surface area contributed by atoms with E-state index in [1.165, 1.54) is 19.2 Å². The van der Waals surface area contributed by atoms with Crippen LogP contribution >= 0.6 is 0 Å². The van der Waals surface area contributed by atoms with Gasteiger partial charge in [-0.25, -0.2) is 4.68 Å². The van der Waals surface area contributed by atoms with Gasteiger partial charge in [0.15, 0.2) is 18.0 Å². The predicted molar refractivity (Wildman–Crippen MR) is 130 cm³/mol. The van der Waals surface area contributed by atoms with Crippen LogP contribution in [0.25, 0.3) is 10.8 Å². The molecule has 1 aromatic carbocycles. The first-order valence-corrected chi connectivity index (χ1v) is 12.0. The van der Waals surface area contributed by atoms with Crippen LogP contribution in [0.2, 0.25) is 0 Å². The topological polar surface area (TPSA) is 98.5 Å². The van der Waals surface area contributed by atoms with Crippen LogP contribution < -0.4 is 21.2 Å². The molecule has 2 aromatic heterocycles. The molecule has 0 bridgehead atoms. The Morgan fingerprint density at radius 1 is 1.21 bits per heavy atom. The SMILES string of the molecule is CC(=O)N1CC[C@](n2cc3c(NC(C)c4cccc5c4OCC5(F)F)nn(C)c(=O)c3cc2=O)(C(F)(F)F)C1. The smallest absolute Gasteiger partial charge is 0.413 e. The highest BCUT2D eigenvalue weighted by atomic mass is 19.4. The number of fused-ring (bicyclic) bond motifs is 2. The van der Waals surface area contributed by atoms with Crippen LogP contribution in [-0.2, 0) is 23.3 Å². The lowest BCUT2D eigenvalue weighted by molar-refractivity contribution is -0.211. The molecule has 4 heterocycles. The number of halogens is 5. The van der Waals surface area contributed by atoms with E-state index >= 15 is 0 Å². The van der Waals surface area contributed by atoms with Crippen LogP contribution in [0.5, 0.6) is 5.75 Å². The molecule has 0 radical (unpaired) electrons. The number of para-hydroxylation sites is 1. The number of nitrogens with zero attached hydrogens (tertiary/aromatic N) is 4. The van der Waals surface area contributed by atoms with Gasteiger partial charge in [0, 0.05) is 43.7 Å². The number of likely N-dealkylation sites (tertiary alicyclic amines) is 1. The van der Waals surface area contributed by atoms with Crippen LogP contribution in [0, 0.1) is 0 Å². The molecule has 0 aliphatic carbocycles. The Balaban J connectivity index is 1.65. The van der Waals surface area contributed by atoms with E-state index in [1.54, 1.807) is 13.0 Å². The van der Waals surface area contributed by atoms with E-state index in [4.69, 9.17) is 4.74 Å². The molecule has 39 heavy (non-hydrogen) atoms. The van der Waals surface area contributed by atoms with E-state index in [0.29, 0.717) is 10.1 Å². The number of anilines is 1. The quantitative estimate of drug-likeness (QED) is 0.499. The van der Waals surface area contributed by atoms with Gasteiger partial charge in [-0.05, 0) is 19.4 Å². The molecular formula is C25H24F5N5O4. The van der Waals surface area contributed by atoms with E-state index in [0.717, 1.165) is 28.8 Å². The number of rotatable bonds is 4. The van der Waals surface area contributed by atoms with Crippen molar-refractivity contribution in [1.82, 2.24) is 19.2 Å². The molecule has 1 fully saturated rings. The van der Waals surface area contributed by atoms with Gasteiger partial charge in [-0.2, -0.15) is 27.1 Å². The van der Waals surface area contributed by atoms with Gasteiger partial charge in [-0.1, -0.05) is 12.1 Å². The summed E-state index contributed by atoms with van der Waals surface area (Å²) < 4.78 is 78.6. The number of benzene rings is 1. The Bertz CT molecular complexity index is 1620. The Morgan fingerprint density at radius 2 is 1.92 bits per heavy atom. The fraction of sp³-hybridized carbons (Fsp3) is 0.440. The second kappa shape index (κ2) is 8.78. The summed E-state index contributed by atoms with van der Waals surface area (Å²) in [5.41, 5.74) is -4.43. The average molecular weight is 553 g/mol. The maximum Gasteiger partial charge on any atom is 0.413 e. The van der Waals surface area contributed by atoms with E-state index in [-0.39, 0.29) is 34.4 Å². The number of aryl methyl sites for hydroxylation is 1.